The van der Waals surface area contributed by atoms with E-state index in [1.807, 2.05) is 26.1 Å². The van der Waals surface area contributed by atoms with E-state index in [4.69, 9.17) is 0 Å². The number of hydrogen-bond acceptors (Lipinski definition) is 3. The lowest BCUT2D eigenvalue weighted by Gasteiger charge is -2.18. The monoisotopic (exact) mass is 455 g/mol. The van der Waals surface area contributed by atoms with Crippen molar-refractivity contribution in [3.63, 3.8) is 0 Å². The highest BCUT2D eigenvalue weighted by Gasteiger charge is 2.20. The Morgan fingerprint density at radius 1 is 0.971 bits per heavy atom. The molecule has 0 bridgehead atoms. The molecule has 0 atom stereocenters. The standard InChI is InChI=1S/C12H13N.C11H18N2.C8H10/c1-9(2)10-7-8-13-12-6-4-3-5-11(10)12;1-8(2)13-10-6-9(7-12-10)11(3,4)5;1-7-3-5-8(2)6-4-7/h3,5,7-8H,1,4,6H2,2H3;6H,1,7H2,2-5H3,(H,12,13);3-6H,1-2H3. The van der Waals surface area contributed by atoms with E-state index in [1.54, 1.807) is 0 Å². The summed E-state index contributed by atoms with van der Waals surface area (Å²) < 4.78 is 0. The number of rotatable bonds is 2. The van der Waals surface area contributed by atoms with Gasteiger partial charge in [0, 0.05) is 23.2 Å². The quantitative estimate of drug-likeness (QED) is 0.500. The molecule has 0 amide bonds. The minimum absolute atomic E-state index is 0.224. The first-order chi connectivity index (χ1) is 16.0. The number of benzene rings is 1. The molecule has 0 saturated carbocycles. The van der Waals surface area contributed by atoms with Crippen LogP contribution in [-0.4, -0.2) is 17.4 Å². The average Bonchev–Trinajstić information content (AvgIpc) is 3.25. The van der Waals surface area contributed by atoms with Crippen LogP contribution in [0.25, 0.3) is 11.6 Å². The second-order valence-corrected chi connectivity index (χ2v) is 10.1. The lowest BCUT2D eigenvalue weighted by atomic mass is 9.87. The van der Waals surface area contributed by atoms with Crippen LogP contribution in [0.5, 0.6) is 0 Å². The lowest BCUT2D eigenvalue weighted by molar-refractivity contribution is 0.499. The Balaban J connectivity index is 0.000000186. The zero-order valence-corrected chi connectivity index (χ0v) is 22.1. The van der Waals surface area contributed by atoms with E-state index in [1.165, 1.54) is 33.5 Å². The molecule has 0 radical (unpaired) electrons. The zero-order valence-electron chi connectivity index (χ0n) is 22.1. The summed E-state index contributed by atoms with van der Waals surface area (Å²) in [6, 6.07) is 10.5. The highest BCUT2D eigenvalue weighted by molar-refractivity contribution is 5.96. The molecule has 1 aliphatic carbocycles. The summed E-state index contributed by atoms with van der Waals surface area (Å²) in [5.74, 6) is 0.942. The summed E-state index contributed by atoms with van der Waals surface area (Å²) in [7, 11) is 0. The van der Waals surface area contributed by atoms with Crippen LogP contribution in [0, 0.1) is 19.3 Å². The molecule has 2 aromatic rings. The second kappa shape index (κ2) is 12.3. The molecule has 0 unspecified atom stereocenters. The van der Waals surface area contributed by atoms with Gasteiger partial charge in [-0.25, -0.2) is 0 Å². The maximum Gasteiger partial charge on any atom is 0.125 e. The Kier molecular flexibility index (Phi) is 9.80. The summed E-state index contributed by atoms with van der Waals surface area (Å²) in [5.41, 5.74) is 10.0. The third kappa shape index (κ3) is 8.62. The van der Waals surface area contributed by atoms with Crippen LogP contribution >= 0.6 is 0 Å². The average molecular weight is 456 g/mol. The first-order valence-corrected chi connectivity index (χ1v) is 12.0. The number of fused-ring (bicyclic) bond motifs is 1. The van der Waals surface area contributed by atoms with E-state index < -0.39 is 0 Å². The molecule has 2 aliphatic rings. The van der Waals surface area contributed by atoms with Crippen molar-refractivity contribution in [3.05, 3.63) is 101 Å². The number of aryl methyl sites for hydroxylation is 3. The number of allylic oxidation sites excluding steroid dienone is 3. The van der Waals surface area contributed by atoms with Gasteiger partial charge in [0.2, 0.25) is 0 Å². The van der Waals surface area contributed by atoms with Gasteiger partial charge in [0.1, 0.15) is 5.84 Å². The van der Waals surface area contributed by atoms with Gasteiger partial charge in [0.15, 0.2) is 0 Å². The van der Waals surface area contributed by atoms with Crippen molar-refractivity contribution in [1.82, 2.24) is 10.3 Å². The summed E-state index contributed by atoms with van der Waals surface area (Å²) in [6.45, 7) is 23.4. The molecular formula is C31H41N3. The van der Waals surface area contributed by atoms with Gasteiger partial charge in [-0.3, -0.25) is 9.98 Å². The molecule has 34 heavy (non-hydrogen) atoms. The fourth-order valence-electron chi connectivity index (χ4n) is 3.51. The number of nitrogens with zero attached hydrogens (tertiary/aromatic N) is 2. The first kappa shape index (κ1) is 27.0. The van der Waals surface area contributed by atoms with Crippen molar-refractivity contribution in [3.8, 4) is 0 Å². The summed E-state index contributed by atoms with van der Waals surface area (Å²) in [4.78, 5) is 8.75. The van der Waals surface area contributed by atoms with Gasteiger partial charge >= 0.3 is 0 Å². The minimum Gasteiger partial charge on any atom is -0.345 e. The van der Waals surface area contributed by atoms with Crippen LogP contribution in [0.1, 0.15) is 69.0 Å². The maximum absolute atomic E-state index is 4.38. The normalized spacial score (nSPS) is 13.9. The van der Waals surface area contributed by atoms with Crippen molar-refractivity contribution in [2.24, 2.45) is 10.4 Å². The van der Waals surface area contributed by atoms with Crippen LogP contribution in [-0.2, 0) is 6.42 Å². The molecule has 3 nitrogen and oxygen atoms in total. The smallest absolute Gasteiger partial charge is 0.125 e. The predicted octanol–water partition coefficient (Wildman–Crippen LogP) is 7.87. The Bertz CT molecular complexity index is 1070. The van der Waals surface area contributed by atoms with Gasteiger partial charge < -0.3 is 5.32 Å². The molecular weight excluding hydrogens is 414 g/mol. The highest BCUT2D eigenvalue weighted by atomic mass is 15.0. The molecule has 3 heteroatoms. The van der Waals surface area contributed by atoms with Gasteiger partial charge in [-0.2, -0.15) is 0 Å². The molecule has 1 aromatic carbocycles. The Hall–Kier alpha value is -3.20. The Morgan fingerprint density at radius 3 is 2.09 bits per heavy atom. The number of pyridine rings is 1. The van der Waals surface area contributed by atoms with Crippen LogP contribution in [0.3, 0.4) is 0 Å². The Labute approximate surface area is 207 Å². The number of nitrogens with one attached hydrogen (secondary N) is 1. The second-order valence-electron chi connectivity index (χ2n) is 10.1. The molecule has 180 valence electrons. The first-order valence-electron chi connectivity index (χ1n) is 12.0. The van der Waals surface area contributed by atoms with Gasteiger partial charge in [0.05, 0.1) is 6.54 Å². The van der Waals surface area contributed by atoms with Crippen LogP contribution in [0.15, 0.2) is 78.1 Å². The molecule has 4 rings (SSSR count). The van der Waals surface area contributed by atoms with Gasteiger partial charge in [-0.1, -0.05) is 87.0 Å². The molecule has 1 N–H and O–H groups in total. The molecule has 2 heterocycles. The van der Waals surface area contributed by atoms with Crippen LogP contribution in [0.2, 0.25) is 0 Å². The molecule has 1 aliphatic heterocycles. The molecule has 0 saturated heterocycles. The predicted molar refractivity (Wildman–Crippen MR) is 150 cm³/mol. The lowest BCUT2D eigenvalue weighted by Crippen LogP contribution is -2.17. The number of hydrogen-bond donors (Lipinski definition) is 1. The fraction of sp³-hybridized carbons (Fsp3) is 0.355. The van der Waals surface area contributed by atoms with E-state index in [0.29, 0.717) is 0 Å². The molecule has 0 spiro atoms. The molecule has 1 aromatic heterocycles. The van der Waals surface area contributed by atoms with E-state index in [-0.39, 0.29) is 5.41 Å². The number of aromatic nitrogens is 1. The van der Waals surface area contributed by atoms with E-state index >= 15 is 0 Å². The Morgan fingerprint density at radius 2 is 1.59 bits per heavy atom. The third-order valence-electron chi connectivity index (χ3n) is 5.62. The minimum atomic E-state index is 0.224. The summed E-state index contributed by atoms with van der Waals surface area (Å²) in [5, 5.41) is 3.12. The van der Waals surface area contributed by atoms with Crippen molar-refractivity contribution in [2.45, 2.75) is 61.3 Å². The van der Waals surface area contributed by atoms with Crippen molar-refractivity contribution in [1.29, 1.82) is 0 Å². The highest BCUT2D eigenvalue weighted by Crippen LogP contribution is 2.27. The van der Waals surface area contributed by atoms with E-state index in [2.05, 4.69) is 106 Å². The van der Waals surface area contributed by atoms with Crippen molar-refractivity contribution < 1.29 is 0 Å². The van der Waals surface area contributed by atoms with Crippen molar-refractivity contribution >= 4 is 17.5 Å². The fourth-order valence-corrected chi connectivity index (χ4v) is 3.51. The van der Waals surface area contributed by atoms with Gasteiger partial charge in [0.25, 0.3) is 0 Å². The van der Waals surface area contributed by atoms with Gasteiger partial charge in [-0.15, -0.1) is 0 Å². The third-order valence-corrected chi connectivity index (χ3v) is 5.62. The topological polar surface area (TPSA) is 37.3 Å². The van der Waals surface area contributed by atoms with Crippen LogP contribution < -0.4 is 5.32 Å². The van der Waals surface area contributed by atoms with Gasteiger partial charge in [-0.05, 0) is 69.2 Å². The number of aliphatic imine (C=N–C) groups is 1. The zero-order chi connectivity index (χ0) is 25.3. The molecule has 0 fully saturated rings. The van der Waals surface area contributed by atoms with Crippen LogP contribution in [0.4, 0.5) is 0 Å². The maximum atomic E-state index is 4.38. The van der Waals surface area contributed by atoms with E-state index in [0.717, 1.165) is 36.5 Å². The largest absolute Gasteiger partial charge is 0.345 e. The van der Waals surface area contributed by atoms with Crippen molar-refractivity contribution in [2.75, 3.05) is 6.54 Å². The summed E-state index contributed by atoms with van der Waals surface area (Å²) >= 11 is 0. The SMILES string of the molecule is C=C(C)NC1=NCC(C(C)(C)C)=C1.C=C(C)c1ccnc2c1C=CCC2.Cc1ccc(C)cc1. The summed E-state index contributed by atoms with van der Waals surface area (Å²) in [6.07, 6.45) is 10.5. The number of amidine groups is 1. The van der Waals surface area contributed by atoms with E-state index in [9.17, 15) is 0 Å².